The molecule has 0 bridgehead atoms. The summed E-state index contributed by atoms with van der Waals surface area (Å²) in [5.41, 5.74) is 0.486. The van der Waals surface area contributed by atoms with Crippen molar-refractivity contribution >= 4 is 11.3 Å². The van der Waals surface area contributed by atoms with Crippen LogP contribution in [-0.2, 0) is 0 Å². The van der Waals surface area contributed by atoms with E-state index in [1.807, 2.05) is 11.3 Å². The van der Waals surface area contributed by atoms with Crippen LogP contribution >= 0.6 is 11.3 Å². The van der Waals surface area contributed by atoms with E-state index in [9.17, 15) is 0 Å². The van der Waals surface area contributed by atoms with Crippen LogP contribution < -0.4 is 5.32 Å². The van der Waals surface area contributed by atoms with Crippen LogP contribution in [0.15, 0.2) is 17.5 Å². The fraction of sp³-hybridized carbons (Fsp3) is 0.667. The van der Waals surface area contributed by atoms with Gasteiger partial charge in [0.15, 0.2) is 0 Å². The van der Waals surface area contributed by atoms with E-state index in [2.05, 4.69) is 36.8 Å². The zero-order valence-corrected chi connectivity index (χ0v) is 9.86. The molecule has 1 aliphatic carbocycles. The number of hydrogen-bond acceptors (Lipinski definition) is 2. The third-order valence-corrected chi connectivity index (χ3v) is 4.50. The summed E-state index contributed by atoms with van der Waals surface area (Å²) < 4.78 is 0. The molecule has 0 amide bonds. The molecule has 2 heteroatoms. The predicted octanol–water partition coefficient (Wildman–Crippen LogP) is 3.59. The minimum absolute atomic E-state index is 0.486. The Bertz CT molecular complexity index is 273. The van der Waals surface area contributed by atoms with E-state index in [4.69, 9.17) is 0 Å². The van der Waals surface area contributed by atoms with Gasteiger partial charge in [0.2, 0.25) is 0 Å². The molecule has 1 aromatic heterocycles. The summed E-state index contributed by atoms with van der Waals surface area (Å²) in [6, 6.07) is 4.97. The Labute approximate surface area is 90.5 Å². The Morgan fingerprint density at radius 3 is 2.64 bits per heavy atom. The fourth-order valence-electron chi connectivity index (χ4n) is 2.76. The summed E-state index contributed by atoms with van der Waals surface area (Å²) in [7, 11) is 2.09. The van der Waals surface area contributed by atoms with Crippen molar-refractivity contribution in [2.45, 2.75) is 38.6 Å². The molecule has 1 heterocycles. The van der Waals surface area contributed by atoms with Gasteiger partial charge in [-0.3, -0.25) is 0 Å². The molecule has 1 atom stereocenters. The van der Waals surface area contributed by atoms with E-state index < -0.39 is 0 Å². The Morgan fingerprint density at radius 2 is 2.14 bits per heavy atom. The van der Waals surface area contributed by atoms with E-state index in [0.717, 1.165) is 0 Å². The largest absolute Gasteiger partial charge is 0.312 e. The maximum Gasteiger partial charge on any atom is 0.0466 e. The fourth-order valence-corrected chi connectivity index (χ4v) is 3.77. The van der Waals surface area contributed by atoms with Crippen LogP contribution in [0.5, 0.6) is 0 Å². The Morgan fingerprint density at radius 1 is 1.43 bits per heavy atom. The molecule has 1 aromatic rings. The average Bonchev–Trinajstić information content (AvgIpc) is 2.78. The molecule has 1 unspecified atom stereocenters. The van der Waals surface area contributed by atoms with Gasteiger partial charge < -0.3 is 5.32 Å². The lowest BCUT2D eigenvalue weighted by atomic mass is 9.80. The zero-order valence-electron chi connectivity index (χ0n) is 9.05. The standard InChI is InChI=1S/C12H19NS/c1-12(7-3-4-8-12)11(13-2)10-6-5-9-14-10/h5-6,9,11,13H,3-4,7-8H2,1-2H3. The van der Waals surface area contributed by atoms with E-state index in [1.165, 1.54) is 30.6 Å². The smallest absolute Gasteiger partial charge is 0.0466 e. The molecule has 0 aromatic carbocycles. The first-order valence-corrected chi connectivity index (χ1v) is 6.35. The third kappa shape index (κ3) is 1.73. The molecule has 2 rings (SSSR count). The highest BCUT2D eigenvalue weighted by molar-refractivity contribution is 7.10. The lowest BCUT2D eigenvalue weighted by Gasteiger charge is -2.33. The second-order valence-corrected chi connectivity index (χ2v) is 5.58. The van der Waals surface area contributed by atoms with Crippen LogP contribution in [0, 0.1) is 5.41 Å². The van der Waals surface area contributed by atoms with Gasteiger partial charge in [-0.25, -0.2) is 0 Å². The topological polar surface area (TPSA) is 12.0 Å². The van der Waals surface area contributed by atoms with Crippen molar-refractivity contribution in [3.05, 3.63) is 22.4 Å². The highest BCUT2D eigenvalue weighted by Gasteiger charge is 2.37. The summed E-state index contributed by atoms with van der Waals surface area (Å²) in [5, 5.41) is 5.68. The van der Waals surface area contributed by atoms with Crippen LogP contribution in [-0.4, -0.2) is 7.05 Å². The van der Waals surface area contributed by atoms with Crippen molar-refractivity contribution in [3.63, 3.8) is 0 Å². The molecule has 78 valence electrons. The number of hydrogen-bond donors (Lipinski definition) is 1. The zero-order chi connectivity index (χ0) is 10.0. The summed E-state index contributed by atoms with van der Waals surface area (Å²) in [6.07, 6.45) is 5.55. The van der Waals surface area contributed by atoms with Crippen molar-refractivity contribution in [3.8, 4) is 0 Å². The van der Waals surface area contributed by atoms with Gasteiger partial charge in [0.25, 0.3) is 0 Å². The van der Waals surface area contributed by atoms with Crippen LogP contribution in [0.25, 0.3) is 0 Å². The van der Waals surface area contributed by atoms with E-state index in [1.54, 1.807) is 0 Å². The SMILES string of the molecule is CNC(c1cccs1)C1(C)CCCC1. The van der Waals surface area contributed by atoms with Gasteiger partial charge in [0.1, 0.15) is 0 Å². The molecule has 1 N–H and O–H groups in total. The summed E-state index contributed by atoms with van der Waals surface area (Å²) in [4.78, 5) is 1.50. The second kappa shape index (κ2) is 4.03. The maximum atomic E-state index is 3.50. The lowest BCUT2D eigenvalue weighted by Crippen LogP contribution is -2.31. The van der Waals surface area contributed by atoms with Crippen LogP contribution in [0.4, 0.5) is 0 Å². The van der Waals surface area contributed by atoms with E-state index in [-0.39, 0.29) is 0 Å². The molecular formula is C12H19NS. The van der Waals surface area contributed by atoms with Gasteiger partial charge in [-0.2, -0.15) is 0 Å². The van der Waals surface area contributed by atoms with Crippen LogP contribution in [0.1, 0.15) is 43.5 Å². The van der Waals surface area contributed by atoms with Crippen molar-refractivity contribution in [1.82, 2.24) is 5.32 Å². The van der Waals surface area contributed by atoms with Gasteiger partial charge in [-0.1, -0.05) is 25.8 Å². The van der Waals surface area contributed by atoms with Gasteiger partial charge in [0, 0.05) is 10.9 Å². The van der Waals surface area contributed by atoms with Crippen molar-refractivity contribution < 1.29 is 0 Å². The Kier molecular flexibility index (Phi) is 2.93. The molecule has 1 aliphatic rings. The van der Waals surface area contributed by atoms with Crippen molar-refractivity contribution in [1.29, 1.82) is 0 Å². The average molecular weight is 209 g/mol. The maximum absolute atomic E-state index is 3.50. The lowest BCUT2D eigenvalue weighted by molar-refractivity contribution is 0.237. The molecule has 0 aliphatic heterocycles. The molecule has 1 nitrogen and oxygen atoms in total. The predicted molar refractivity (Wildman–Crippen MR) is 62.7 cm³/mol. The molecule has 0 spiro atoms. The monoisotopic (exact) mass is 209 g/mol. The number of nitrogens with one attached hydrogen (secondary N) is 1. The first-order valence-electron chi connectivity index (χ1n) is 5.47. The summed E-state index contributed by atoms with van der Waals surface area (Å²) in [5.74, 6) is 0. The minimum atomic E-state index is 0.486. The summed E-state index contributed by atoms with van der Waals surface area (Å²) in [6.45, 7) is 2.43. The number of thiophene rings is 1. The van der Waals surface area contributed by atoms with Gasteiger partial charge in [-0.15, -0.1) is 11.3 Å². The van der Waals surface area contributed by atoms with Crippen molar-refractivity contribution in [2.75, 3.05) is 7.05 Å². The van der Waals surface area contributed by atoms with Gasteiger partial charge >= 0.3 is 0 Å². The molecule has 14 heavy (non-hydrogen) atoms. The normalized spacial score (nSPS) is 22.4. The quantitative estimate of drug-likeness (QED) is 0.802. The third-order valence-electron chi connectivity index (χ3n) is 3.56. The Balaban J connectivity index is 2.20. The highest BCUT2D eigenvalue weighted by atomic mass is 32.1. The first kappa shape index (κ1) is 10.2. The van der Waals surface area contributed by atoms with E-state index >= 15 is 0 Å². The van der Waals surface area contributed by atoms with Crippen LogP contribution in [0.3, 0.4) is 0 Å². The minimum Gasteiger partial charge on any atom is -0.312 e. The van der Waals surface area contributed by atoms with Crippen molar-refractivity contribution in [2.24, 2.45) is 5.41 Å². The summed E-state index contributed by atoms with van der Waals surface area (Å²) >= 11 is 1.88. The molecule has 0 radical (unpaired) electrons. The highest BCUT2D eigenvalue weighted by Crippen LogP contribution is 2.47. The molecular weight excluding hydrogens is 190 g/mol. The van der Waals surface area contributed by atoms with E-state index in [0.29, 0.717) is 11.5 Å². The molecule has 0 saturated heterocycles. The second-order valence-electron chi connectivity index (χ2n) is 4.60. The molecule has 1 fully saturated rings. The first-order chi connectivity index (χ1) is 6.76. The molecule has 1 saturated carbocycles. The Hall–Kier alpha value is -0.340. The van der Waals surface area contributed by atoms with Crippen LogP contribution in [0.2, 0.25) is 0 Å². The number of rotatable bonds is 3. The van der Waals surface area contributed by atoms with Gasteiger partial charge in [-0.05, 0) is 36.8 Å². The van der Waals surface area contributed by atoms with Gasteiger partial charge in [0.05, 0.1) is 0 Å².